The minimum atomic E-state index is -4.27. The highest BCUT2D eigenvalue weighted by molar-refractivity contribution is 7.90. The molecule has 0 atom stereocenters. The molecule has 0 radical (unpaired) electrons. The van der Waals surface area contributed by atoms with E-state index >= 15 is 0 Å². The second-order valence-corrected chi connectivity index (χ2v) is 9.88. The number of aryl methyl sites for hydroxylation is 1. The predicted octanol–water partition coefficient (Wildman–Crippen LogP) is 2.89. The van der Waals surface area contributed by atoms with E-state index in [-0.39, 0.29) is 10.9 Å². The number of hydrogen-bond acceptors (Lipinski definition) is 7. The SMILES string of the molecule is COc1cc(-c2ccc3c(c2NC(=O)NS(=O)(=O)c2cnc(=O)n(C(C)C)c2)CCC3)ccn1. The maximum Gasteiger partial charge on any atom is 0.347 e. The number of rotatable bonds is 6. The number of anilines is 1. The lowest BCUT2D eigenvalue weighted by Gasteiger charge is -2.17. The number of carbonyl (C=O) groups excluding carboxylic acids is 1. The molecule has 11 heteroatoms. The van der Waals surface area contributed by atoms with Crippen LogP contribution in [0.15, 0.2) is 52.5 Å². The largest absolute Gasteiger partial charge is 0.481 e. The van der Waals surface area contributed by atoms with Crippen LogP contribution in [0.1, 0.15) is 37.4 Å². The fourth-order valence-electron chi connectivity index (χ4n) is 3.98. The van der Waals surface area contributed by atoms with E-state index in [1.54, 1.807) is 32.2 Å². The second kappa shape index (κ2) is 9.26. The maximum atomic E-state index is 12.9. The lowest BCUT2D eigenvalue weighted by molar-refractivity contribution is 0.256. The second-order valence-electron chi connectivity index (χ2n) is 8.20. The van der Waals surface area contributed by atoms with Gasteiger partial charge in [-0.25, -0.2) is 32.7 Å². The number of ether oxygens (including phenoxy) is 1. The minimum Gasteiger partial charge on any atom is -0.481 e. The van der Waals surface area contributed by atoms with Crippen molar-refractivity contribution in [2.45, 2.75) is 44.0 Å². The molecule has 10 nitrogen and oxygen atoms in total. The average molecular weight is 484 g/mol. The number of nitrogens with one attached hydrogen (secondary N) is 2. The number of sulfonamides is 1. The smallest absolute Gasteiger partial charge is 0.347 e. The number of nitrogens with zero attached hydrogens (tertiary/aromatic N) is 3. The maximum absolute atomic E-state index is 12.9. The molecule has 34 heavy (non-hydrogen) atoms. The lowest BCUT2D eigenvalue weighted by Crippen LogP contribution is -2.36. The van der Waals surface area contributed by atoms with Gasteiger partial charge in [-0.1, -0.05) is 12.1 Å². The number of benzene rings is 1. The van der Waals surface area contributed by atoms with E-state index in [1.807, 2.05) is 16.9 Å². The predicted molar refractivity (Wildman–Crippen MR) is 126 cm³/mol. The van der Waals surface area contributed by atoms with Crippen LogP contribution >= 0.6 is 0 Å². The van der Waals surface area contributed by atoms with E-state index in [0.29, 0.717) is 11.6 Å². The van der Waals surface area contributed by atoms with Gasteiger partial charge in [-0.3, -0.25) is 4.57 Å². The third-order valence-electron chi connectivity index (χ3n) is 5.66. The average Bonchev–Trinajstić information content (AvgIpc) is 3.28. The van der Waals surface area contributed by atoms with Crippen molar-refractivity contribution >= 4 is 21.7 Å². The molecule has 1 aliphatic carbocycles. The molecule has 0 unspecified atom stereocenters. The van der Waals surface area contributed by atoms with Crippen LogP contribution in [0, 0.1) is 0 Å². The van der Waals surface area contributed by atoms with Crippen LogP contribution in [-0.4, -0.2) is 36.1 Å². The van der Waals surface area contributed by atoms with Crippen molar-refractivity contribution < 1.29 is 17.9 Å². The molecule has 0 fully saturated rings. The highest BCUT2D eigenvalue weighted by Crippen LogP contribution is 2.38. The van der Waals surface area contributed by atoms with Gasteiger partial charge in [0, 0.05) is 30.1 Å². The van der Waals surface area contributed by atoms with Gasteiger partial charge >= 0.3 is 11.7 Å². The van der Waals surface area contributed by atoms with Crippen LogP contribution in [0.4, 0.5) is 10.5 Å². The van der Waals surface area contributed by atoms with E-state index < -0.39 is 21.7 Å². The Labute approximate surface area is 197 Å². The Balaban J connectivity index is 1.66. The van der Waals surface area contributed by atoms with E-state index in [2.05, 4.69) is 15.3 Å². The molecule has 2 N–H and O–H groups in total. The standard InChI is InChI=1S/C23H25N5O5S/c1-14(2)28-13-17(12-25-23(28)30)34(31,32)27-22(29)26-21-18-6-4-5-15(18)7-8-19(21)16-9-10-24-20(11-16)33-3/h7-14H,4-6H2,1-3H3,(H2,26,27,29). The van der Waals surface area contributed by atoms with E-state index in [4.69, 9.17) is 4.74 Å². The molecule has 1 aliphatic rings. The number of aromatic nitrogens is 3. The van der Waals surface area contributed by atoms with Crippen LogP contribution in [0.25, 0.3) is 11.1 Å². The summed E-state index contributed by atoms with van der Waals surface area (Å²) in [6.45, 7) is 3.45. The Morgan fingerprint density at radius 3 is 2.71 bits per heavy atom. The van der Waals surface area contributed by atoms with Crippen LogP contribution in [0.3, 0.4) is 0 Å². The molecule has 1 aromatic carbocycles. The van der Waals surface area contributed by atoms with Crippen molar-refractivity contribution in [3.05, 3.63) is 64.5 Å². The highest BCUT2D eigenvalue weighted by Gasteiger charge is 2.24. The third kappa shape index (κ3) is 4.65. The quantitative estimate of drug-likeness (QED) is 0.551. The summed E-state index contributed by atoms with van der Waals surface area (Å²) in [7, 11) is -2.75. The van der Waals surface area contributed by atoms with Gasteiger partial charge in [-0.15, -0.1) is 0 Å². The molecule has 2 aromatic heterocycles. The Morgan fingerprint density at radius 1 is 1.18 bits per heavy atom. The van der Waals surface area contributed by atoms with Gasteiger partial charge in [0.05, 0.1) is 19.0 Å². The van der Waals surface area contributed by atoms with Crippen molar-refractivity contribution in [1.29, 1.82) is 0 Å². The van der Waals surface area contributed by atoms with Gasteiger partial charge in [0.2, 0.25) is 5.88 Å². The lowest BCUT2D eigenvalue weighted by atomic mass is 9.98. The molecule has 3 aromatic rings. The highest BCUT2D eigenvalue weighted by atomic mass is 32.2. The molecule has 0 aliphatic heterocycles. The first-order chi connectivity index (χ1) is 16.2. The topological polar surface area (TPSA) is 132 Å². The summed E-state index contributed by atoms with van der Waals surface area (Å²) >= 11 is 0. The number of urea groups is 1. The van der Waals surface area contributed by atoms with Gasteiger partial charge in [0.15, 0.2) is 0 Å². The molecular formula is C23H25N5O5S. The Bertz CT molecular complexity index is 1420. The minimum absolute atomic E-state index is 0.284. The number of hydrogen-bond donors (Lipinski definition) is 2. The monoisotopic (exact) mass is 483 g/mol. The van der Waals surface area contributed by atoms with Crippen LogP contribution in [0.2, 0.25) is 0 Å². The summed E-state index contributed by atoms with van der Waals surface area (Å²) in [4.78, 5) is 32.2. The summed E-state index contributed by atoms with van der Waals surface area (Å²) in [5, 5.41) is 2.74. The molecule has 4 rings (SSSR count). The summed E-state index contributed by atoms with van der Waals surface area (Å²) in [6.07, 6.45) is 6.29. The van der Waals surface area contributed by atoms with Crippen LogP contribution < -0.4 is 20.5 Å². The zero-order valence-corrected chi connectivity index (χ0v) is 19.8. The van der Waals surface area contributed by atoms with Crippen molar-refractivity contribution in [3.63, 3.8) is 0 Å². The summed E-state index contributed by atoms with van der Waals surface area (Å²) in [5.41, 5.74) is 3.54. The van der Waals surface area contributed by atoms with E-state index in [9.17, 15) is 18.0 Å². The Kier molecular flexibility index (Phi) is 6.38. The van der Waals surface area contributed by atoms with Gasteiger partial charge in [0.25, 0.3) is 10.0 Å². The normalized spacial score (nSPS) is 12.9. The number of fused-ring (bicyclic) bond motifs is 1. The molecule has 0 spiro atoms. The van der Waals surface area contributed by atoms with Crippen molar-refractivity contribution in [3.8, 4) is 17.0 Å². The summed E-state index contributed by atoms with van der Waals surface area (Å²) in [6, 6.07) is 6.24. The zero-order chi connectivity index (χ0) is 24.5. The first kappa shape index (κ1) is 23.4. The number of carbonyl (C=O) groups is 1. The third-order valence-corrected chi connectivity index (χ3v) is 6.95. The fraction of sp³-hybridized carbons (Fsp3) is 0.304. The molecule has 178 valence electrons. The van der Waals surface area contributed by atoms with Crippen molar-refractivity contribution in [2.24, 2.45) is 0 Å². The molecular weight excluding hydrogens is 458 g/mol. The Morgan fingerprint density at radius 2 is 1.97 bits per heavy atom. The van der Waals surface area contributed by atoms with Crippen molar-refractivity contribution in [2.75, 3.05) is 12.4 Å². The fourth-order valence-corrected chi connectivity index (χ4v) is 4.83. The molecule has 2 amide bonds. The molecule has 2 heterocycles. The van der Waals surface area contributed by atoms with Crippen LogP contribution in [-0.2, 0) is 22.9 Å². The molecule has 0 saturated heterocycles. The number of amides is 2. The summed E-state index contributed by atoms with van der Waals surface area (Å²) < 4.78 is 34.1. The first-order valence-corrected chi connectivity index (χ1v) is 12.2. The van der Waals surface area contributed by atoms with E-state index in [0.717, 1.165) is 47.7 Å². The zero-order valence-electron chi connectivity index (χ0n) is 19.0. The molecule has 0 bridgehead atoms. The van der Waals surface area contributed by atoms with Crippen LogP contribution in [0.5, 0.6) is 5.88 Å². The van der Waals surface area contributed by atoms with Gasteiger partial charge in [-0.2, -0.15) is 0 Å². The van der Waals surface area contributed by atoms with Crippen molar-refractivity contribution in [1.82, 2.24) is 19.3 Å². The van der Waals surface area contributed by atoms with Gasteiger partial charge in [0.1, 0.15) is 4.90 Å². The first-order valence-electron chi connectivity index (χ1n) is 10.8. The van der Waals surface area contributed by atoms with Gasteiger partial charge in [-0.05, 0) is 55.9 Å². The van der Waals surface area contributed by atoms with E-state index in [1.165, 1.54) is 17.9 Å². The summed E-state index contributed by atoms with van der Waals surface area (Å²) in [5.74, 6) is 0.420. The number of methoxy groups -OCH3 is 1. The molecule has 0 saturated carbocycles. The number of pyridine rings is 1. The van der Waals surface area contributed by atoms with Gasteiger partial charge < -0.3 is 10.1 Å². The Hall–Kier alpha value is -3.73.